The van der Waals surface area contributed by atoms with E-state index in [1.165, 1.54) is 17.5 Å². The summed E-state index contributed by atoms with van der Waals surface area (Å²) < 4.78 is 5.42. The summed E-state index contributed by atoms with van der Waals surface area (Å²) in [7, 11) is 0. The van der Waals surface area contributed by atoms with Gasteiger partial charge in [0, 0.05) is 0 Å². The highest BCUT2D eigenvalue weighted by atomic mass is 32.1. The smallest absolute Gasteiger partial charge is 0.280 e. The third-order valence-corrected chi connectivity index (χ3v) is 2.38. The van der Waals surface area contributed by atoms with E-state index in [0.29, 0.717) is 21.5 Å². The van der Waals surface area contributed by atoms with Crippen LogP contribution in [0.4, 0.5) is 5.00 Å². The molecule has 2 aromatic rings. The molecule has 2 rings (SSSR count). The van der Waals surface area contributed by atoms with E-state index in [1.807, 2.05) is 6.07 Å². The van der Waals surface area contributed by atoms with E-state index in [9.17, 15) is 0 Å². The van der Waals surface area contributed by atoms with Crippen LogP contribution in [0.2, 0.25) is 0 Å². The number of thiazole rings is 1. The molecule has 2 N–H and O–H groups in total. The van der Waals surface area contributed by atoms with Crippen molar-refractivity contribution in [2.75, 3.05) is 5.73 Å². The van der Waals surface area contributed by atoms with Crippen LogP contribution in [0, 0.1) is 11.3 Å². The molecule has 0 fully saturated rings. The van der Waals surface area contributed by atoms with Crippen molar-refractivity contribution in [1.82, 2.24) is 4.98 Å². The highest BCUT2D eigenvalue weighted by Crippen LogP contribution is 2.27. The van der Waals surface area contributed by atoms with Gasteiger partial charge >= 0.3 is 0 Å². The van der Waals surface area contributed by atoms with Gasteiger partial charge in [-0.3, -0.25) is 0 Å². The molecule has 0 amide bonds. The Kier molecular flexibility index (Phi) is 2.52. The number of aromatic nitrogens is 1. The van der Waals surface area contributed by atoms with Gasteiger partial charge in [-0.1, -0.05) is 17.4 Å². The standard InChI is InChI=1S/C10H7N3OS/c11-5-7-2-1-3-8(4-7)14-10-13-6-9(12)15-10/h1-4,6H,12H2. The summed E-state index contributed by atoms with van der Waals surface area (Å²) in [5, 5.41) is 9.77. The van der Waals surface area contributed by atoms with Crippen LogP contribution in [-0.4, -0.2) is 4.98 Å². The largest absolute Gasteiger partial charge is 0.431 e. The Labute approximate surface area is 90.6 Å². The normalized spacial score (nSPS) is 9.53. The van der Waals surface area contributed by atoms with E-state index in [-0.39, 0.29) is 0 Å². The molecule has 74 valence electrons. The lowest BCUT2D eigenvalue weighted by molar-refractivity contribution is 0.478. The van der Waals surface area contributed by atoms with Gasteiger partial charge in [-0.2, -0.15) is 5.26 Å². The predicted octanol–water partition coefficient (Wildman–Crippen LogP) is 2.39. The Morgan fingerprint density at radius 3 is 3.00 bits per heavy atom. The second-order valence-electron chi connectivity index (χ2n) is 2.77. The summed E-state index contributed by atoms with van der Waals surface area (Å²) in [6.45, 7) is 0. The molecular weight excluding hydrogens is 210 g/mol. The highest BCUT2D eigenvalue weighted by Gasteiger charge is 2.02. The zero-order valence-corrected chi connectivity index (χ0v) is 8.49. The van der Waals surface area contributed by atoms with Gasteiger partial charge in [0.25, 0.3) is 5.19 Å². The Bertz CT molecular complexity index is 515. The molecule has 0 spiro atoms. The number of hydrogen-bond donors (Lipinski definition) is 1. The number of rotatable bonds is 2. The van der Waals surface area contributed by atoms with Crippen molar-refractivity contribution in [2.45, 2.75) is 0 Å². The molecule has 0 aliphatic heterocycles. The third-order valence-electron chi connectivity index (χ3n) is 1.67. The van der Waals surface area contributed by atoms with Crippen molar-refractivity contribution < 1.29 is 4.74 Å². The van der Waals surface area contributed by atoms with Gasteiger partial charge in [0.1, 0.15) is 10.8 Å². The molecule has 0 bridgehead atoms. The first-order valence-electron chi connectivity index (χ1n) is 4.17. The minimum absolute atomic E-state index is 0.475. The number of ether oxygens (including phenoxy) is 1. The molecule has 0 atom stereocenters. The molecule has 0 saturated heterocycles. The summed E-state index contributed by atoms with van der Waals surface area (Å²) in [6.07, 6.45) is 1.54. The van der Waals surface area contributed by atoms with Crippen LogP contribution >= 0.6 is 11.3 Å². The lowest BCUT2D eigenvalue weighted by Gasteiger charge is -2.00. The fraction of sp³-hybridized carbons (Fsp3) is 0. The topological polar surface area (TPSA) is 71.9 Å². The van der Waals surface area contributed by atoms with E-state index in [2.05, 4.69) is 4.98 Å². The molecule has 0 unspecified atom stereocenters. The van der Waals surface area contributed by atoms with E-state index in [0.717, 1.165) is 0 Å². The van der Waals surface area contributed by atoms with Gasteiger partial charge in [-0.15, -0.1) is 0 Å². The van der Waals surface area contributed by atoms with Crippen LogP contribution in [0.5, 0.6) is 10.9 Å². The van der Waals surface area contributed by atoms with E-state index < -0.39 is 0 Å². The molecule has 0 saturated carbocycles. The van der Waals surface area contributed by atoms with Crippen molar-refractivity contribution in [3.05, 3.63) is 36.0 Å². The van der Waals surface area contributed by atoms with Crippen LogP contribution in [0.3, 0.4) is 0 Å². The van der Waals surface area contributed by atoms with Crippen molar-refractivity contribution in [2.24, 2.45) is 0 Å². The maximum Gasteiger partial charge on any atom is 0.280 e. The van der Waals surface area contributed by atoms with Crippen LogP contribution < -0.4 is 10.5 Å². The van der Waals surface area contributed by atoms with Crippen molar-refractivity contribution in [1.29, 1.82) is 5.26 Å². The fourth-order valence-corrected chi connectivity index (χ4v) is 1.60. The first kappa shape index (κ1) is 9.49. The number of nitrogens with zero attached hydrogens (tertiary/aromatic N) is 2. The number of nitrogens with two attached hydrogens (primary N) is 1. The zero-order valence-electron chi connectivity index (χ0n) is 7.68. The predicted molar refractivity (Wildman–Crippen MR) is 57.8 cm³/mol. The molecule has 0 radical (unpaired) electrons. The Morgan fingerprint density at radius 1 is 1.47 bits per heavy atom. The maximum atomic E-state index is 8.69. The van der Waals surface area contributed by atoms with Crippen LogP contribution in [0.25, 0.3) is 0 Å². The van der Waals surface area contributed by atoms with Crippen molar-refractivity contribution in [3.63, 3.8) is 0 Å². The zero-order chi connectivity index (χ0) is 10.7. The van der Waals surface area contributed by atoms with Gasteiger partial charge in [0.05, 0.1) is 17.8 Å². The lowest BCUT2D eigenvalue weighted by Crippen LogP contribution is -1.83. The van der Waals surface area contributed by atoms with Crippen LogP contribution in [-0.2, 0) is 0 Å². The third kappa shape index (κ3) is 2.24. The van der Waals surface area contributed by atoms with E-state index >= 15 is 0 Å². The van der Waals surface area contributed by atoms with E-state index in [4.69, 9.17) is 15.7 Å². The maximum absolute atomic E-state index is 8.69. The summed E-state index contributed by atoms with van der Waals surface area (Å²) in [6, 6.07) is 8.92. The van der Waals surface area contributed by atoms with Crippen LogP contribution in [0.15, 0.2) is 30.5 Å². The fourth-order valence-electron chi connectivity index (χ4n) is 1.05. The SMILES string of the molecule is N#Cc1cccc(Oc2ncc(N)s2)c1. The quantitative estimate of drug-likeness (QED) is 0.838. The summed E-state index contributed by atoms with van der Waals surface area (Å²) in [4.78, 5) is 3.95. The molecule has 1 aromatic carbocycles. The number of nitrogen functional groups attached to an aromatic ring is 1. The summed E-state index contributed by atoms with van der Waals surface area (Å²) >= 11 is 1.26. The first-order valence-corrected chi connectivity index (χ1v) is 4.99. The average molecular weight is 217 g/mol. The summed E-state index contributed by atoms with van der Waals surface area (Å²) in [5.74, 6) is 0.586. The number of benzene rings is 1. The Balaban J connectivity index is 2.21. The minimum Gasteiger partial charge on any atom is -0.431 e. The monoisotopic (exact) mass is 217 g/mol. The van der Waals surface area contributed by atoms with Gasteiger partial charge in [-0.25, -0.2) is 4.98 Å². The Morgan fingerprint density at radius 2 is 2.33 bits per heavy atom. The molecule has 5 heteroatoms. The Hall–Kier alpha value is -2.06. The average Bonchev–Trinajstić information content (AvgIpc) is 2.64. The van der Waals surface area contributed by atoms with Gasteiger partial charge in [-0.05, 0) is 18.2 Å². The minimum atomic E-state index is 0.475. The number of nitriles is 1. The number of hydrogen-bond acceptors (Lipinski definition) is 5. The van der Waals surface area contributed by atoms with Gasteiger partial charge < -0.3 is 10.5 Å². The second kappa shape index (κ2) is 3.98. The first-order chi connectivity index (χ1) is 7.28. The molecule has 1 aromatic heterocycles. The highest BCUT2D eigenvalue weighted by molar-refractivity contribution is 7.17. The molecule has 4 nitrogen and oxygen atoms in total. The molecule has 0 aliphatic rings. The van der Waals surface area contributed by atoms with Gasteiger partial charge in [0.15, 0.2) is 0 Å². The van der Waals surface area contributed by atoms with E-state index in [1.54, 1.807) is 24.3 Å². The van der Waals surface area contributed by atoms with Gasteiger partial charge in [0.2, 0.25) is 0 Å². The molecule has 0 aliphatic carbocycles. The molecule has 15 heavy (non-hydrogen) atoms. The molecular formula is C10H7N3OS. The summed E-state index contributed by atoms with van der Waals surface area (Å²) in [5.41, 5.74) is 6.06. The second-order valence-corrected chi connectivity index (χ2v) is 3.80. The lowest BCUT2D eigenvalue weighted by atomic mass is 10.2. The number of anilines is 1. The van der Waals surface area contributed by atoms with Crippen molar-refractivity contribution in [3.8, 4) is 17.0 Å². The molecule has 1 heterocycles. The van der Waals surface area contributed by atoms with Crippen molar-refractivity contribution >= 4 is 16.3 Å². The van der Waals surface area contributed by atoms with Crippen LogP contribution in [0.1, 0.15) is 5.56 Å².